The molecule has 41 heavy (non-hydrogen) atoms. The minimum absolute atomic E-state index is 0.0875. The first kappa shape index (κ1) is 29.3. The highest BCUT2D eigenvalue weighted by Crippen LogP contribution is 2.31. The van der Waals surface area contributed by atoms with Gasteiger partial charge in [-0.1, -0.05) is 54.1 Å². The van der Waals surface area contributed by atoms with E-state index in [-0.39, 0.29) is 17.5 Å². The second-order valence-corrected chi connectivity index (χ2v) is 9.84. The van der Waals surface area contributed by atoms with Gasteiger partial charge in [-0.15, -0.1) is 0 Å². The van der Waals surface area contributed by atoms with Crippen LogP contribution in [0.3, 0.4) is 0 Å². The number of hydrogen-bond donors (Lipinski definition) is 3. The Kier molecular flexibility index (Phi) is 9.04. The number of hydrogen-bond acceptors (Lipinski definition) is 5. The summed E-state index contributed by atoms with van der Waals surface area (Å²) < 4.78 is 21.1. The van der Waals surface area contributed by atoms with Crippen LogP contribution in [0.25, 0.3) is 11.3 Å². The highest BCUT2D eigenvalue weighted by Gasteiger charge is 2.23. The number of carbonyl (C=O) groups excluding carboxylic acids is 2. The molecule has 0 aliphatic heterocycles. The SMILES string of the molecule is Cc1c(NC(=O)OC(C)c2ccccc2F)c(-c2ccc(C(=O)NC(Cc3ccc(Cl)cc3)C(=O)O)cc2)nn1C. The van der Waals surface area contributed by atoms with E-state index in [1.165, 1.54) is 18.2 Å². The Morgan fingerprint density at radius 3 is 2.34 bits per heavy atom. The van der Waals surface area contributed by atoms with Crippen LogP contribution in [0.2, 0.25) is 5.02 Å². The summed E-state index contributed by atoms with van der Waals surface area (Å²) in [6.45, 7) is 3.34. The van der Waals surface area contributed by atoms with Crippen LogP contribution in [-0.4, -0.2) is 38.9 Å². The Hall–Kier alpha value is -4.70. The van der Waals surface area contributed by atoms with Crippen molar-refractivity contribution in [2.75, 3.05) is 5.32 Å². The molecule has 0 spiro atoms. The first-order valence-electron chi connectivity index (χ1n) is 12.7. The van der Waals surface area contributed by atoms with Crippen LogP contribution in [0, 0.1) is 12.7 Å². The fourth-order valence-electron chi connectivity index (χ4n) is 4.20. The van der Waals surface area contributed by atoms with Crippen LogP contribution in [0.15, 0.2) is 72.8 Å². The van der Waals surface area contributed by atoms with Gasteiger partial charge in [-0.3, -0.25) is 14.8 Å². The number of ether oxygens (including phenoxy) is 1. The minimum atomic E-state index is -1.17. The van der Waals surface area contributed by atoms with E-state index in [2.05, 4.69) is 15.7 Å². The summed E-state index contributed by atoms with van der Waals surface area (Å²) in [5.41, 5.74) is 3.27. The lowest BCUT2D eigenvalue weighted by Crippen LogP contribution is -2.42. The Labute approximate surface area is 240 Å². The van der Waals surface area contributed by atoms with Gasteiger partial charge in [0, 0.05) is 35.2 Å². The summed E-state index contributed by atoms with van der Waals surface area (Å²) in [6.07, 6.45) is -1.53. The van der Waals surface area contributed by atoms with Gasteiger partial charge in [0.25, 0.3) is 5.91 Å². The van der Waals surface area contributed by atoms with Gasteiger partial charge in [0.05, 0.1) is 11.4 Å². The number of carbonyl (C=O) groups is 3. The maximum atomic E-state index is 14.1. The standard InChI is InChI=1S/C30H28ClFN4O5/c1-17-26(34-30(40)41-18(2)23-6-4-5-7-24(23)32)27(35-36(17)3)20-10-12-21(13-11-20)28(37)33-25(29(38)39)16-19-8-14-22(31)15-9-19/h4-15,18,25H,16H2,1-3H3,(H,33,37)(H,34,40)(H,38,39). The molecular weight excluding hydrogens is 551 g/mol. The molecule has 0 saturated heterocycles. The number of carboxylic acids is 1. The molecular formula is C30H28ClFN4O5. The molecule has 0 aliphatic carbocycles. The average Bonchev–Trinajstić information content (AvgIpc) is 3.22. The first-order chi connectivity index (χ1) is 19.5. The number of carboxylic acid groups (broad SMARTS) is 1. The highest BCUT2D eigenvalue weighted by atomic mass is 35.5. The predicted molar refractivity (Wildman–Crippen MR) is 152 cm³/mol. The molecule has 0 saturated carbocycles. The van der Waals surface area contributed by atoms with Crippen molar-refractivity contribution in [2.45, 2.75) is 32.4 Å². The second-order valence-electron chi connectivity index (χ2n) is 9.40. The zero-order valence-electron chi connectivity index (χ0n) is 22.5. The molecule has 0 fully saturated rings. The molecule has 0 bridgehead atoms. The Balaban J connectivity index is 1.47. The van der Waals surface area contributed by atoms with Crippen molar-refractivity contribution in [2.24, 2.45) is 7.05 Å². The van der Waals surface area contributed by atoms with Crippen molar-refractivity contribution in [3.05, 3.63) is 106 Å². The average molecular weight is 579 g/mol. The quantitative estimate of drug-likeness (QED) is 0.226. The van der Waals surface area contributed by atoms with Gasteiger partial charge in [0.2, 0.25) is 0 Å². The Bertz CT molecular complexity index is 1570. The van der Waals surface area contributed by atoms with E-state index < -0.39 is 35.9 Å². The summed E-state index contributed by atoms with van der Waals surface area (Å²) >= 11 is 5.89. The number of aromatic nitrogens is 2. The number of halogens is 2. The van der Waals surface area contributed by atoms with Crippen LogP contribution in [0.1, 0.15) is 40.2 Å². The van der Waals surface area contributed by atoms with Crippen molar-refractivity contribution < 1.29 is 28.6 Å². The molecule has 11 heteroatoms. The lowest BCUT2D eigenvalue weighted by molar-refractivity contribution is -0.139. The summed E-state index contributed by atoms with van der Waals surface area (Å²) in [4.78, 5) is 37.3. The topological polar surface area (TPSA) is 123 Å². The van der Waals surface area contributed by atoms with Crippen LogP contribution in [0.4, 0.5) is 14.9 Å². The number of nitrogens with zero attached hydrogens (tertiary/aromatic N) is 2. The first-order valence-corrected chi connectivity index (χ1v) is 13.1. The maximum absolute atomic E-state index is 14.1. The largest absolute Gasteiger partial charge is 0.480 e. The molecule has 3 N–H and O–H groups in total. The monoisotopic (exact) mass is 578 g/mol. The lowest BCUT2D eigenvalue weighted by Gasteiger charge is -2.16. The van der Waals surface area contributed by atoms with Gasteiger partial charge in [0.1, 0.15) is 23.7 Å². The Morgan fingerprint density at radius 2 is 1.71 bits per heavy atom. The van der Waals surface area contributed by atoms with Crippen LogP contribution >= 0.6 is 11.6 Å². The molecule has 0 aliphatic rings. The summed E-state index contributed by atoms with van der Waals surface area (Å²) in [5, 5.41) is 19.9. The number of benzene rings is 3. The van der Waals surface area contributed by atoms with E-state index in [0.29, 0.717) is 33.2 Å². The molecule has 212 valence electrons. The highest BCUT2D eigenvalue weighted by molar-refractivity contribution is 6.30. The number of nitrogens with one attached hydrogen (secondary N) is 2. The molecule has 3 aromatic carbocycles. The summed E-state index contributed by atoms with van der Waals surface area (Å²) in [5.74, 6) is -2.20. The van der Waals surface area contributed by atoms with Crippen LogP contribution in [-0.2, 0) is 23.0 Å². The molecule has 2 unspecified atom stereocenters. The second kappa shape index (κ2) is 12.6. The van der Waals surface area contributed by atoms with Crippen LogP contribution < -0.4 is 10.6 Å². The number of aliphatic carboxylic acids is 1. The van der Waals surface area contributed by atoms with E-state index >= 15 is 0 Å². The van der Waals surface area contributed by atoms with Gasteiger partial charge < -0.3 is 15.2 Å². The molecule has 9 nitrogen and oxygen atoms in total. The fraction of sp³-hybridized carbons (Fsp3) is 0.200. The van der Waals surface area contributed by atoms with Crippen molar-refractivity contribution in [1.29, 1.82) is 0 Å². The Morgan fingerprint density at radius 1 is 1.05 bits per heavy atom. The van der Waals surface area contributed by atoms with E-state index in [4.69, 9.17) is 16.3 Å². The third-order valence-corrected chi connectivity index (χ3v) is 6.82. The number of aryl methyl sites for hydroxylation is 1. The smallest absolute Gasteiger partial charge is 0.412 e. The summed E-state index contributed by atoms with van der Waals surface area (Å²) in [7, 11) is 1.71. The van der Waals surface area contributed by atoms with Gasteiger partial charge in [0.15, 0.2) is 0 Å². The molecule has 1 aromatic heterocycles. The van der Waals surface area contributed by atoms with Gasteiger partial charge in [-0.25, -0.2) is 14.0 Å². The van der Waals surface area contributed by atoms with E-state index in [9.17, 15) is 23.9 Å². The van der Waals surface area contributed by atoms with E-state index in [1.54, 1.807) is 80.2 Å². The van der Waals surface area contributed by atoms with Crippen molar-refractivity contribution >= 4 is 35.3 Å². The molecule has 1 heterocycles. The molecule has 0 radical (unpaired) electrons. The zero-order chi connectivity index (χ0) is 29.7. The molecule has 4 rings (SSSR count). The van der Waals surface area contributed by atoms with E-state index in [1.807, 2.05) is 0 Å². The zero-order valence-corrected chi connectivity index (χ0v) is 23.3. The van der Waals surface area contributed by atoms with Crippen molar-refractivity contribution in [3.63, 3.8) is 0 Å². The fourth-order valence-corrected chi connectivity index (χ4v) is 4.32. The summed E-state index contributed by atoms with van der Waals surface area (Å²) in [6, 6.07) is 18.0. The van der Waals surface area contributed by atoms with Gasteiger partial charge in [-0.05, 0) is 49.7 Å². The van der Waals surface area contributed by atoms with E-state index in [0.717, 1.165) is 0 Å². The third-order valence-electron chi connectivity index (χ3n) is 6.57. The lowest BCUT2D eigenvalue weighted by atomic mass is 10.0. The normalized spacial score (nSPS) is 12.3. The number of amides is 2. The number of rotatable bonds is 9. The molecule has 2 amide bonds. The van der Waals surface area contributed by atoms with Crippen molar-refractivity contribution in [1.82, 2.24) is 15.1 Å². The predicted octanol–water partition coefficient (Wildman–Crippen LogP) is 5.92. The molecule has 2 atom stereocenters. The van der Waals surface area contributed by atoms with Gasteiger partial charge >= 0.3 is 12.1 Å². The van der Waals surface area contributed by atoms with Gasteiger partial charge in [-0.2, -0.15) is 5.10 Å². The third kappa shape index (κ3) is 7.09. The maximum Gasteiger partial charge on any atom is 0.412 e. The van der Waals surface area contributed by atoms with Crippen LogP contribution in [0.5, 0.6) is 0 Å². The number of anilines is 1. The minimum Gasteiger partial charge on any atom is -0.480 e. The molecule has 4 aromatic rings. The van der Waals surface area contributed by atoms with Crippen molar-refractivity contribution in [3.8, 4) is 11.3 Å².